The second kappa shape index (κ2) is 6.83. The van der Waals surface area contributed by atoms with E-state index in [-0.39, 0.29) is 5.82 Å². The molecule has 3 heteroatoms. The normalized spacial score (nSPS) is 12.4. The van der Waals surface area contributed by atoms with Gasteiger partial charge in [-0.05, 0) is 59.1 Å². The van der Waals surface area contributed by atoms with Crippen molar-refractivity contribution in [3.63, 3.8) is 0 Å². The monoisotopic (exact) mass is 321 g/mol. The lowest BCUT2D eigenvalue weighted by Crippen LogP contribution is -2.29. The number of halogens is 2. The molecule has 1 nitrogen and oxygen atoms in total. The molecular weight excluding hydrogens is 305 g/mol. The summed E-state index contributed by atoms with van der Waals surface area (Å²) in [4.78, 5) is 0. The zero-order valence-corrected chi connectivity index (χ0v) is 12.5. The lowest BCUT2D eigenvalue weighted by Gasteiger charge is -2.16. The Morgan fingerprint density at radius 3 is 2.37 bits per heavy atom. The molecule has 0 fully saturated rings. The van der Waals surface area contributed by atoms with Crippen molar-refractivity contribution in [2.45, 2.75) is 18.9 Å². The predicted octanol–water partition coefficient (Wildman–Crippen LogP) is 3.96. The highest BCUT2D eigenvalue weighted by atomic mass is 79.9. The standard InChI is InChI=1S/C16H17BrFN/c1-19-14(9-12-5-3-2-4-6-12)10-13-7-8-16(18)15(17)11-13/h2-8,11,14,19H,9-10H2,1H3. The van der Waals surface area contributed by atoms with Gasteiger partial charge in [0.2, 0.25) is 0 Å². The molecule has 2 rings (SSSR count). The van der Waals surface area contributed by atoms with Crippen LogP contribution in [-0.2, 0) is 12.8 Å². The van der Waals surface area contributed by atoms with Crippen molar-refractivity contribution in [1.29, 1.82) is 0 Å². The molecule has 0 aliphatic heterocycles. The van der Waals surface area contributed by atoms with Crippen LogP contribution in [0.25, 0.3) is 0 Å². The zero-order chi connectivity index (χ0) is 13.7. The molecule has 19 heavy (non-hydrogen) atoms. The van der Waals surface area contributed by atoms with Gasteiger partial charge in [0.05, 0.1) is 4.47 Å². The van der Waals surface area contributed by atoms with E-state index in [0.717, 1.165) is 18.4 Å². The molecule has 2 aromatic carbocycles. The third-order valence-electron chi connectivity index (χ3n) is 3.20. The Morgan fingerprint density at radius 2 is 1.74 bits per heavy atom. The summed E-state index contributed by atoms with van der Waals surface area (Å²) in [5, 5.41) is 3.32. The second-order valence-corrected chi connectivity index (χ2v) is 5.48. The lowest BCUT2D eigenvalue weighted by molar-refractivity contribution is 0.554. The molecule has 0 amide bonds. The van der Waals surface area contributed by atoms with Crippen LogP contribution in [0.1, 0.15) is 11.1 Å². The first-order chi connectivity index (χ1) is 9.19. The Labute approximate surface area is 122 Å². The second-order valence-electron chi connectivity index (χ2n) is 4.63. The van der Waals surface area contributed by atoms with Crippen LogP contribution < -0.4 is 5.32 Å². The van der Waals surface area contributed by atoms with Crippen LogP contribution >= 0.6 is 15.9 Å². The van der Waals surface area contributed by atoms with Crippen molar-refractivity contribution in [2.24, 2.45) is 0 Å². The predicted molar refractivity (Wildman–Crippen MR) is 80.8 cm³/mol. The van der Waals surface area contributed by atoms with Crippen LogP contribution in [0.4, 0.5) is 4.39 Å². The van der Waals surface area contributed by atoms with Gasteiger partial charge < -0.3 is 5.32 Å². The molecular formula is C16H17BrFN. The number of hydrogen-bond donors (Lipinski definition) is 1. The van der Waals surface area contributed by atoms with Gasteiger partial charge >= 0.3 is 0 Å². The van der Waals surface area contributed by atoms with Crippen molar-refractivity contribution >= 4 is 15.9 Å². The largest absolute Gasteiger partial charge is 0.316 e. The molecule has 1 unspecified atom stereocenters. The van der Waals surface area contributed by atoms with Crippen molar-refractivity contribution < 1.29 is 4.39 Å². The third-order valence-corrected chi connectivity index (χ3v) is 3.81. The summed E-state index contributed by atoms with van der Waals surface area (Å²) in [5.74, 6) is -0.215. The summed E-state index contributed by atoms with van der Waals surface area (Å²) in [6.45, 7) is 0. The van der Waals surface area contributed by atoms with E-state index in [4.69, 9.17) is 0 Å². The molecule has 0 bridgehead atoms. The fraction of sp³-hybridized carbons (Fsp3) is 0.250. The van der Waals surface area contributed by atoms with Gasteiger partial charge in [-0.15, -0.1) is 0 Å². The van der Waals surface area contributed by atoms with Crippen molar-refractivity contribution in [3.05, 3.63) is 69.9 Å². The Morgan fingerprint density at radius 1 is 1.05 bits per heavy atom. The Hall–Kier alpha value is -1.19. The van der Waals surface area contributed by atoms with Gasteiger partial charge in [0, 0.05) is 6.04 Å². The summed E-state index contributed by atoms with van der Waals surface area (Å²) in [7, 11) is 1.96. The van der Waals surface area contributed by atoms with E-state index in [2.05, 4.69) is 45.5 Å². The van der Waals surface area contributed by atoms with E-state index in [9.17, 15) is 4.39 Å². The van der Waals surface area contributed by atoms with Crippen molar-refractivity contribution in [3.8, 4) is 0 Å². The molecule has 0 heterocycles. The first kappa shape index (κ1) is 14.2. The SMILES string of the molecule is CNC(Cc1ccccc1)Cc1ccc(F)c(Br)c1. The maximum absolute atomic E-state index is 13.2. The minimum absolute atomic E-state index is 0.215. The highest BCUT2D eigenvalue weighted by Crippen LogP contribution is 2.18. The lowest BCUT2D eigenvalue weighted by atomic mass is 9.99. The summed E-state index contributed by atoms with van der Waals surface area (Å²) < 4.78 is 13.7. The summed E-state index contributed by atoms with van der Waals surface area (Å²) in [5.41, 5.74) is 2.44. The van der Waals surface area contributed by atoms with E-state index in [1.807, 2.05) is 25.2 Å². The topological polar surface area (TPSA) is 12.0 Å². The average molecular weight is 322 g/mol. The van der Waals surface area contributed by atoms with Crippen LogP contribution in [0.3, 0.4) is 0 Å². The Balaban J connectivity index is 2.04. The molecule has 0 aliphatic rings. The zero-order valence-electron chi connectivity index (χ0n) is 10.9. The number of nitrogens with one attached hydrogen (secondary N) is 1. The maximum atomic E-state index is 13.2. The summed E-state index contributed by atoms with van der Waals surface area (Å²) >= 11 is 3.23. The fourth-order valence-electron chi connectivity index (χ4n) is 2.13. The van der Waals surface area contributed by atoms with Gasteiger partial charge in [-0.3, -0.25) is 0 Å². The molecule has 0 radical (unpaired) electrons. The minimum atomic E-state index is -0.215. The van der Waals surface area contributed by atoms with Crippen molar-refractivity contribution in [1.82, 2.24) is 5.32 Å². The van der Waals surface area contributed by atoms with Crippen LogP contribution in [0.5, 0.6) is 0 Å². The Kier molecular flexibility index (Phi) is 5.11. The number of benzene rings is 2. The van der Waals surface area contributed by atoms with Crippen LogP contribution in [0, 0.1) is 5.82 Å². The van der Waals surface area contributed by atoms with Crippen LogP contribution in [0.15, 0.2) is 53.0 Å². The average Bonchev–Trinajstić information content (AvgIpc) is 2.43. The molecule has 1 N–H and O–H groups in total. The van der Waals surface area contributed by atoms with Gasteiger partial charge in [-0.1, -0.05) is 36.4 Å². The smallest absolute Gasteiger partial charge is 0.137 e. The van der Waals surface area contributed by atoms with E-state index < -0.39 is 0 Å². The van der Waals surface area contributed by atoms with E-state index in [1.54, 1.807) is 0 Å². The van der Waals surface area contributed by atoms with Gasteiger partial charge in [-0.2, -0.15) is 0 Å². The van der Waals surface area contributed by atoms with Crippen molar-refractivity contribution in [2.75, 3.05) is 7.05 Å². The number of hydrogen-bond acceptors (Lipinski definition) is 1. The molecule has 0 aromatic heterocycles. The van der Waals surface area contributed by atoms with Crippen LogP contribution in [0.2, 0.25) is 0 Å². The summed E-state index contributed by atoms with van der Waals surface area (Å²) in [6, 6.07) is 15.9. The number of likely N-dealkylation sites (N-methyl/N-ethyl adjacent to an activating group) is 1. The van der Waals surface area contributed by atoms with E-state index in [0.29, 0.717) is 10.5 Å². The highest BCUT2D eigenvalue weighted by Gasteiger charge is 2.09. The minimum Gasteiger partial charge on any atom is -0.316 e. The molecule has 2 aromatic rings. The third kappa shape index (κ3) is 4.15. The first-order valence-corrected chi connectivity index (χ1v) is 7.13. The highest BCUT2D eigenvalue weighted by molar-refractivity contribution is 9.10. The van der Waals surface area contributed by atoms with Gasteiger partial charge in [-0.25, -0.2) is 4.39 Å². The Bertz CT molecular complexity index is 528. The molecule has 0 spiro atoms. The van der Waals surface area contributed by atoms with Crippen LogP contribution in [-0.4, -0.2) is 13.1 Å². The molecule has 0 aliphatic carbocycles. The molecule has 0 saturated carbocycles. The number of rotatable bonds is 5. The van der Waals surface area contributed by atoms with Gasteiger partial charge in [0.1, 0.15) is 5.82 Å². The van der Waals surface area contributed by atoms with E-state index in [1.165, 1.54) is 11.6 Å². The molecule has 0 saturated heterocycles. The maximum Gasteiger partial charge on any atom is 0.137 e. The molecule has 100 valence electrons. The summed E-state index contributed by atoms with van der Waals surface area (Å²) in [6.07, 6.45) is 1.84. The quantitative estimate of drug-likeness (QED) is 0.878. The van der Waals surface area contributed by atoms with Gasteiger partial charge in [0.15, 0.2) is 0 Å². The molecule has 1 atom stereocenters. The fourth-order valence-corrected chi connectivity index (χ4v) is 2.55. The van der Waals surface area contributed by atoms with E-state index >= 15 is 0 Å². The first-order valence-electron chi connectivity index (χ1n) is 6.34. The van der Waals surface area contributed by atoms with Gasteiger partial charge in [0.25, 0.3) is 0 Å².